The lowest BCUT2D eigenvalue weighted by Gasteiger charge is -1.89. The van der Waals surface area contributed by atoms with Gasteiger partial charge in [0.2, 0.25) is 0 Å². The summed E-state index contributed by atoms with van der Waals surface area (Å²) in [5, 5.41) is 9.84. The fourth-order valence-electron chi connectivity index (χ4n) is 0.300. The summed E-state index contributed by atoms with van der Waals surface area (Å²) >= 11 is 0.988. The van der Waals surface area contributed by atoms with E-state index in [9.17, 15) is 10.1 Å². The highest BCUT2D eigenvalue weighted by atomic mass is 32.2. The molecule has 0 spiro atoms. The highest BCUT2D eigenvalue weighted by Gasteiger charge is 2.22. The van der Waals surface area contributed by atoms with Crippen LogP contribution in [0.15, 0.2) is 4.40 Å². The van der Waals surface area contributed by atoms with Crippen LogP contribution in [-0.4, -0.2) is 17.2 Å². The Morgan fingerprint density at radius 2 is 2.75 bits per heavy atom. The van der Waals surface area contributed by atoms with E-state index in [4.69, 9.17) is 0 Å². The van der Waals surface area contributed by atoms with Crippen molar-refractivity contribution in [2.75, 3.05) is 0 Å². The molecule has 1 aliphatic heterocycles. The molecule has 1 atom stereocenters. The molecule has 1 heterocycles. The van der Waals surface area contributed by atoms with E-state index in [1.807, 2.05) is 0 Å². The highest BCUT2D eigenvalue weighted by Crippen LogP contribution is 2.17. The Labute approximate surface area is 50.3 Å². The van der Waals surface area contributed by atoms with Gasteiger partial charge in [-0.3, -0.25) is 10.1 Å². The predicted molar refractivity (Wildman–Crippen MR) is 30.1 cm³/mol. The zero-order valence-corrected chi connectivity index (χ0v) is 4.59. The third kappa shape index (κ3) is 0.975. The quantitative estimate of drug-likeness (QED) is 0.293. The van der Waals surface area contributed by atoms with Gasteiger partial charge in [0.15, 0.2) is 5.75 Å². The van der Waals surface area contributed by atoms with Crippen molar-refractivity contribution in [2.45, 2.75) is 6.04 Å². The van der Waals surface area contributed by atoms with E-state index >= 15 is 0 Å². The molecule has 1 unspecified atom stereocenters. The standard InChI is InChI=1S/C3H2N2O2S/c6-5(7)3-1-4-8-2-3/h1,3H. The molecule has 0 amide bonds. The van der Waals surface area contributed by atoms with Crippen molar-refractivity contribution in [1.82, 2.24) is 0 Å². The number of rotatable bonds is 1. The first-order chi connectivity index (χ1) is 3.80. The summed E-state index contributed by atoms with van der Waals surface area (Å²) in [7, 11) is 0. The molecule has 4 nitrogen and oxygen atoms in total. The molecule has 0 aromatic rings. The van der Waals surface area contributed by atoms with E-state index in [2.05, 4.69) is 10.2 Å². The van der Waals surface area contributed by atoms with Crippen LogP contribution >= 0.6 is 11.9 Å². The van der Waals surface area contributed by atoms with Crippen molar-refractivity contribution in [3.05, 3.63) is 15.9 Å². The Morgan fingerprint density at radius 3 is 3.00 bits per heavy atom. The minimum atomic E-state index is -0.792. The van der Waals surface area contributed by atoms with Crippen molar-refractivity contribution in [1.29, 1.82) is 0 Å². The van der Waals surface area contributed by atoms with Gasteiger partial charge in [-0.05, 0) is 11.9 Å². The van der Waals surface area contributed by atoms with Crippen LogP contribution in [0.25, 0.3) is 0 Å². The van der Waals surface area contributed by atoms with Crippen LogP contribution in [0.1, 0.15) is 0 Å². The number of nitrogens with zero attached hydrogens (tertiary/aromatic N) is 2. The first-order valence-electron chi connectivity index (χ1n) is 1.89. The van der Waals surface area contributed by atoms with Crippen LogP contribution in [0.2, 0.25) is 0 Å². The van der Waals surface area contributed by atoms with Crippen molar-refractivity contribution in [2.24, 2.45) is 4.40 Å². The third-order valence-corrected chi connectivity index (χ3v) is 1.23. The molecule has 0 fully saturated rings. The summed E-state index contributed by atoms with van der Waals surface area (Å²) in [6.45, 7) is 0. The van der Waals surface area contributed by atoms with Crippen LogP contribution in [-0.2, 0) is 0 Å². The minimum Gasteiger partial charge on any atom is -0.264 e. The Hall–Kier alpha value is -0.580. The Morgan fingerprint density at radius 1 is 2.00 bits per heavy atom. The van der Waals surface area contributed by atoms with Gasteiger partial charge in [-0.2, -0.15) is 0 Å². The molecular weight excluding hydrogens is 128 g/mol. The number of hydrogen-bond acceptors (Lipinski definition) is 4. The molecule has 0 saturated heterocycles. The van der Waals surface area contributed by atoms with Gasteiger partial charge in [-0.1, -0.05) is 0 Å². The summed E-state index contributed by atoms with van der Waals surface area (Å²) in [5.41, 5.74) is 0. The molecule has 8 heavy (non-hydrogen) atoms. The number of hydrogen-bond donors (Lipinski definition) is 0. The zero-order valence-electron chi connectivity index (χ0n) is 3.77. The lowest BCUT2D eigenvalue weighted by molar-refractivity contribution is -0.490. The molecule has 5 heteroatoms. The monoisotopic (exact) mass is 130 g/mol. The Kier molecular flexibility index (Phi) is 1.48. The van der Waals surface area contributed by atoms with Crippen molar-refractivity contribution >= 4 is 18.2 Å². The van der Waals surface area contributed by atoms with Crippen LogP contribution in [0.3, 0.4) is 0 Å². The molecule has 1 aliphatic rings. The smallest absolute Gasteiger partial charge is 0.264 e. The lowest BCUT2D eigenvalue weighted by Crippen LogP contribution is -2.16. The van der Waals surface area contributed by atoms with Gasteiger partial charge in [0.25, 0.3) is 6.04 Å². The van der Waals surface area contributed by atoms with E-state index in [1.165, 1.54) is 6.21 Å². The van der Waals surface area contributed by atoms with Gasteiger partial charge in [0.05, 0.1) is 6.21 Å². The topological polar surface area (TPSA) is 55.5 Å². The molecule has 0 aromatic heterocycles. The van der Waals surface area contributed by atoms with Gasteiger partial charge in [-0.25, -0.2) is 4.40 Å². The van der Waals surface area contributed by atoms with Crippen LogP contribution < -0.4 is 0 Å². The summed E-state index contributed by atoms with van der Waals surface area (Å²) < 4.78 is 3.52. The highest BCUT2D eigenvalue weighted by molar-refractivity contribution is 8.00. The maximum atomic E-state index is 9.84. The Bertz CT molecular complexity index is 135. The van der Waals surface area contributed by atoms with Gasteiger partial charge in [0.1, 0.15) is 0 Å². The normalized spacial score (nSPS) is 26.2. The summed E-state index contributed by atoms with van der Waals surface area (Å²) in [6.07, 6.45) is 1.25. The number of nitro groups is 1. The molecule has 0 aliphatic carbocycles. The van der Waals surface area contributed by atoms with E-state index in [0.29, 0.717) is 0 Å². The molecule has 0 N–H and O–H groups in total. The maximum absolute atomic E-state index is 9.84. The average Bonchev–Trinajstić information content (AvgIpc) is 2.12. The predicted octanol–water partition coefficient (Wildman–Crippen LogP) is 0.403. The fraction of sp³-hybridized carbons (Fsp3) is 0.333. The van der Waals surface area contributed by atoms with Gasteiger partial charge >= 0.3 is 0 Å². The van der Waals surface area contributed by atoms with Crippen molar-refractivity contribution < 1.29 is 4.92 Å². The molecule has 42 valence electrons. The average molecular weight is 130 g/mol. The summed E-state index contributed by atoms with van der Waals surface area (Å²) in [4.78, 5) is 9.40. The van der Waals surface area contributed by atoms with E-state index in [1.54, 1.807) is 0 Å². The second-order valence-electron chi connectivity index (χ2n) is 1.19. The molecule has 0 bridgehead atoms. The molecule has 0 aromatic carbocycles. The van der Waals surface area contributed by atoms with E-state index < -0.39 is 11.0 Å². The molecule has 1 rings (SSSR count). The zero-order chi connectivity index (χ0) is 5.98. The first-order valence-corrected chi connectivity index (χ1v) is 2.66. The maximum Gasteiger partial charge on any atom is 0.268 e. The Balaban J connectivity index is 2.48. The molecular formula is C3H2N2O2S. The van der Waals surface area contributed by atoms with Crippen LogP contribution in [0.5, 0.6) is 0 Å². The molecule has 2 radical (unpaired) electrons. The van der Waals surface area contributed by atoms with Crippen LogP contribution in [0.4, 0.5) is 0 Å². The van der Waals surface area contributed by atoms with E-state index in [-0.39, 0.29) is 0 Å². The summed E-state index contributed by atoms with van der Waals surface area (Å²) in [6, 6.07) is -0.792. The lowest BCUT2D eigenvalue weighted by atomic mass is 10.4. The van der Waals surface area contributed by atoms with Gasteiger partial charge in [-0.15, -0.1) is 0 Å². The first kappa shape index (κ1) is 5.55. The third-order valence-electron chi connectivity index (χ3n) is 0.655. The largest absolute Gasteiger partial charge is 0.268 e. The van der Waals surface area contributed by atoms with Crippen molar-refractivity contribution in [3.63, 3.8) is 0 Å². The van der Waals surface area contributed by atoms with Crippen molar-refractivity contribution in [3.8, 4) is 0 Å². The minimum absolute atomic E-state index is 0.441. The van der Waals surface area contributed by atoms with E-state index in [0.717, 1.165) is 11.9 Å². The second kappa shape index (κ2) is 2.13. The SMILES string of the molecule is O=[N+]([O-])C1[C]SN=C1. The van der Waals surface area contributed by atoms with Crippen LogP contribution in [0, 0.1) is 15.9 Å². The summed E-state index contributed by atoms with van der Waals surface area (Å²) in [5.74, 6) is 2.45. The van der Waals surface area contributed by atoms with Gasteiger partial charge in [0, 0.05) is 4.92 Å². The molecule has 0 saturated carbocycles. The van der Waals surface area contributed by atoms with Gasteiger partial charge < -0.3 is 0 Å². The fourth-order valence-corrected chi connectivity index (χ4v) is 0.792. The second-order valence-corrected chi connectivity index (χ2v) is 1.82.